The zero-order valence-corrected chi connectivity index (χ0v) is 13.7. The van der Waals surface area contributed by atoms with Gasteiger partial charge in [-0.1, -0.05) is 20.3 Å². The van der Waals surface area contributed by atoms with Crippen LogP contribution in [0.4, 0.5) is 0 Å². The number of aromatic nitrogens is 4. The van der Waals surface area contributed by atoms with Gasteiger partial charge in [-0.2, -0.15) is 4.80 Å². The summed E-state index contributed by atoms with van der Waals surface area (Å²) in [5.74, 6) is 2.36. The Bertz CT molecular complexity index is 482. The highest BCUT2D eigenvalue weighted by molar-refractivity contribution is 5.05. The van der Waals surface area contributed by atoms with Crippen LogP contribution in [0.1, 0.15) is 45.9 Å². The Kier molecular flexibility index (Phi) is 4.01. The molecular formula is C15H28N6. The summed E-state index contributed by atoms with van der Waals surface area (Å²) in [5, 5.41) is 16.4. The Hall–Kier alpha value is -1.01. The van der Waals surface area contributed by atoms with E-state index in [2.05, 4.69) is 46.4 Å². The maximum atomic E-state index is 4.36. The minimum atomic E-state index is 0.256. The fraction of sp³-hybridized carbons (Fsp3) is 0.933. The number of tetrazole rings is 1. The molecule has 1 aromatic heterocycles. The molecule has 6 nitrogen and oxygen atoms in total. The number of hydrogen-bond acceptors (Lipinski definition) is 5. The van der Waals surface area contributed by atoms with Gasteiger partial charge in [0.05, 0.1) is 13.6 Å². The summed E-state index contributed by atoms with van der Waals surface area (Å²) in [7, 11) is 1.83. The Balaban J connectivity index is 1.75. The van der Waals surface area contributed by atoms with Gasteiger partial charge >= 0.3 is 0 Å². The lowest BCUT2D eigenvalue weighted by Crippen LogP contribution is -2.65. The summed E-state index contributed by atoms with van der Waals surface area (Å²) in [6.07, 6.45) is 3.94. The molecule has 1 saturated heterocycles. The quantitative estimate of drug-likeness (QED) is 0.883. The molecule has 1 aliphatic heterocycles. The number of aryl methyl sites for hydroxylation is 1. The van der Waals surface area contributed by atoms with E-state index in [4.69, 9.17) is 0 Å². The molecule has 0 spiro atoms. The Morgan fingerprint density at radius 3 is 2.76 bits per heavy atom. The van der Waals surface area contributed by atoms with E-state index in [9.17, 15) is 0 Å². The predicted molar refractivity (Wildman–Crippen MR) is 81.6 cm³/mol. The third kappa shape index (κ3) is 3.11. The number of rotatable bonds is 5. The van der Waals surface area contributed by atoms with Crippen LogP contribution in [-0.2, 0) is 13.6 Å². The van der Waals surface area contributed by atoms with E-state index < -0.39 is 0 Å². The molecule has 3 rings (SSSR count). The minimum Gasteiger partial charge on any atom is -0.308 e. The molecule has 1 N–H and O–H groups in total. The van der Waals surface area contributed by atoms with Crippen molar-refractivity contribution in [1.29, 1.82) is 0 Å². The van der Waals surface area contributed by atoms with Crippen molar-refractivity contribution in [1.82, 2.24) is 30.4 Å². The van der Waals surface area contributed by atoms with Gasteiger partial charge in [0.25, 0.3) is 0 Å². The molecule has 1 aromatic rings. The van der Waals surface area contributed by atoms with Gasteiger partial charge in [-0.15, -0.1) is 10.2 Å². The predicted octanol–water partition coefficient (Wildman–Crippen LogP) is 1.20. The zero-order valence-electron chi connectivity index (χ0n) is 13.7. The third-order valence-electron chi connectivity index (χ3n) is 5.39. The maximum Gasteiger partial charge on any atom is 0.188 e. The van der Waals surface area contributed by atoms with E-state index >= 15 is 0 Å². The van der Waals surface area contributed by atoms with E-state index in [1.54, 1.807) is 4.80 Å². The standard InChI is InChI=1S/C15H28N6/c1-5-11(2)13-8-16-15(3,12-6-7-12)10-21(13)9-14-17-19-20(4)18-14/h11-13,16H,5-10H2,1-4H3. The van der Waals surface area contributed by atoms with Crippen LogP contribution >= 0.6 is 0 Å². The summed E-state index contributed by atoms with van der Waals surface area (Å²) in [6, 6.07) is 0.561. The van der Waals surface area contributed by atoms with Crippen LogP contribution in [0.5, 0.6) is 0 Å². The summed E-state index contributed by atoms with van der Waals surface area (Å²) >= 11 is 0. The lowest BCUT2D eigenvalue weighted by atomic mass is 9.87. The van der Waals surface area contributed by atoms with Crippen molar-refractivity contribution >= 4 is 0 Å². The van der Waals surface area contributed by atoms with E-state index in [0.717, 1.165) is 31.4 Å². The molecule has 1 saturated carbocycles. The number of nitrogens with zero attached hydrogens (tertiary/aromatic N) is 5. The Morgan fingerprint density at radius 1 is 1.43 bits per heavy atom. The van der Waals surface area contributed by atoms with Crippen molar-refractivity contribution in [3.63, 3.8) is 0 Å². The Labute approximate surface area is 127 Å². The van der Waals surface area contributed by atoms with Gasteiger partial charge in [0.15, 0.2) is 5.82 Å². The molecule has 2 fully saturated rings. The average molecular weight is 292 g/mol. The largest absolute Gasteiger partial charge is 0.308 e. The van der Waals surface area contributed by atoms with Crippen molar-refractivity contribution in [2.75, 3.05) is 13.1 Å². The molecule has 0 radical (unpaired) electrons. The second kappa shape index (κ2) is 5.65. The van der Waals surface area contributed by atoms with Gasteiger partial charge in [0.2, 0.25) is 0 Å². The lowest BCUT2D eigenvalue weighted by molar-refractivity contribution is 0.0394. The summed E-state index contributed by atoms with van der Waals surface area (Å²) in [6.45, 7) is 9.98. The van der Waals surface area contributed by atoms with Crippen LogP contribution in [0.3, 0.4) is 0 Å². The van der Waals surface area contributed by atoms with E-state index in [-0.39, 0.29) is 5.54 Å². The molecule has 118 valence electrons. The van der Waals surface area contributed by atoms with Gasteiger partial charge in [0.1, 0.15) is 0 Å². The summed E-state index contributed by atoms with van der Waals surface area (Å²) in [4.78, 5) is 4.13. The third-order valence-corrected chi connectivity index (χ3v) is 5.39. The SMILES string of the molecule is CCC(C)C1CNC(C)(C2CC2)CN1Cc1nnn(C)n1. The molecule has 1 aliphatic carbocycles. The highest BCUT2D eigenvalue weighted by Gasteiger charge is 2.46. The summed E-state index contributed by atoms with van der Waals surface area (Å²) in [5.41, 5.74) is 0.256. The van der Waals surface area contributed by atoms with Crippen LogP contribution in [0.15, 0.2) is 0 Å². The summed E-state index contributed by atoms with van der Waals surface area (Å²) < 4.78 is 0. The van der Waals surface area contributed by atoms with Crippen LogP contribution in [0.25, 0.3) is 0 Å². The van der Waals surface area contributed by atoms with Crippen LogP contribution in [-0.4, -0.2) is 49.8 Å². The first-order valence-electron chi connectivity index (χ1n) is 8.24. The van der Waals surface area contributed by atoms with Crippen LogP contribution in [0, 0.1) is 11.8 Å². The molecule has 3 atom stereocenters. The van der Waals surface area contributed by atoms with E-state index in [1.165, 1.54) is 19.3 Å². The fourth-order valence-corrected chi connectivity index (χ4v) is 3.63. The second-order valence-electron chi connectivity index (χ2n) is 7.13. The van der Waals surface area contributed by atoms with Crippen molar-refractivity contribution in [3.8, 4) is 0 Å². The van der Waals surface area contributed by atoms with Gasteiger partial charge < -0.3 is 5.32 Å². The second-order valence-corrected chi connectivity index (χ2v) is 7.13. The number of piperazine rings is 1. The van der Waals surface area contributed by atoms with E-state index in [0.29, 0.717) is 12.0 Å². The topological polar surface area (TPSA) is 58.9 Å². The molecule has 0 aromatic carbocycles. The minimum absolute atomic E-state index is 0.256. The first-order chi connectivity index (χ1) is 10.0. The highest BCUT2D eigenvalue weighted by atomic mass is 15.6. The molecule has 2 heterocycles. The van der Waals surface area contributed by atoms with Gasteiger partial charge in [0, 0.05) is 24.7 Å². The van der Waals surface area contributed by atoms with Crippen molar-refractivity contribution in [3.05, 3.63) is 5.82 Å². The van der Waals surface area contributed by atoms with Crippen LogP contribution in [0.2, 0.25) is 0 Å². The number of hydrogen-bond donors (Lipinski definition) is 1. The molecular weight excluding hydrogens is 264 g/mol. The van der Waals surface area contributed by atoms with Gasteiger partial charge in [-0.3, -0.25) is 4.90 Å². The molecule has 0 amide bonds. The molecule has 3 unspecified atom stereocenters. The maximum absolute atomic E-state index is 4.36. The molecule has 21 heavy (non-hydrogen) atoms. The number of nitrogens with one attached hydrogen (secondary N) is 1. The molecule has 2 aliphatic rings. The first kappa shape index (κ1) is 14.9. The fourth-order valence-electron chi connectivity index (χ4n) is 3.63. The normalized spacial score (nSPS) is 32.3. The van der Waals surface area contributed by atoms with Gasteiger partial charge in [-0.25, -0.2) is 0 Å². The van der Waals surface area contributed by atoms with Crippen molar-refractivity contribution in [2.24, 2.45) is 18.9 Å². The van der Waals surface area contributed by atoms with Crippen LogP contribution < -0.4 is 5.32 Å². The Morgan fingerprint density at radius 2 is 2.19 bits per heavy atom. The molecule has 6 heteroatoms. The highest BCUT2D eigenvalue weighted by Crippen LogP contribution is 2.42. The monoisotopic (exact) mass is 292 g/mol. The van der Waals surface area contributed by atoms with E-state index in [1.807, 2.05) is 7.05 Å². The average Bonchev–Trinajstić information content (AvgIpc) is 3.24. The van der Waals surface area contributed by atoms with Crippen molar-refractivity contribution < 1.29 is 0 Å². The smallest absolute Gasteiger partial charge is 0.188 e. The van der Waals surface area contributed by atoms with Gasteiger partial charge in [-0.05, 0) is 36.8 Å². The first-order valence-corrected chi connectivity index (χ1v) is 8.24. The zero-order chi connectivity index (χ0) is 15.0. The molecule has 0 bridgehead atoms. The lowest BCUT2D eigenvalue weighted by Gasteiger charge is -2.48. The van der Waals surface area contributed by atoms with Crippen molar-refractivity contribution in [2.45, 2.75) is 58.2 Å².